The number of nitrogens with zero attached hydrogens (tertiary/aromatic N) is 1. The van der Waals surface area contributed by atoms with Gasteiger partial charge in [-0.3, -0.25) is 0 Å². The molecule has 124 valence electrons. The van der Waals surface area contributed by atoms with Gasteiger partial charge in [0.05, 0.1) is 6.10 Å². The Bertz CT molecular complexity index is 782. The highest BCUT2D eigenvalue weighted by atomic mass is 16.3. The third kappa shape index (κ3) is 3.77. The fourth-order valence-corrected chi connectivity index (χ4v) is 3.15. The molecule has 2 nitrogen and oxygen atoms in total. The summed E-state index contributed by atoms with van der Waals surface area (Å²) in [6.45, 7) is 5.21. The molecular weight excluding hydrogens is 294 g/mol. The molecule has 1 atom stereocenters. The highest BCUT2D eigenvalue weighted by molar-refractivity contribution is 5.83. The van der Waals surface area contributed by atoms with Crippen molar-refractivity contribution in [3.8, 4) is 0 Å². The Morgan fingerprint density at radius 1 is 0.833 bits per heavy atom. The fourth-order valence-electron chi connectivity index (χ4n) is 3.15. The number of rotatable bonds is 6. The summed E-state index contributed by atoms with van der Waals surface area (Å²) in [5, 5.41) is 13.0. The maximum atomic E-state index is 10.6. The van der Waals surface area contributed by atoms with Gasteiger partial charge in [-0.15, -0.1) is 0 Å². The van der Waals surface area contributed by atoms with Gasteiger partial charge in [0.2, 0.25) is 0 Å². The SMILES string of the molecule is CC(C)N(CCC(O)c1ccc2ccccc2c1)c1ccccc1. The lowest BCUT2D eigenvalue weighted by Crippen LogP contribution is -2.32. The average Bonchev–Trinajstić information content (AvgIpc) is 2.62. The van der Waals surface area contributed by atoms with Crippen LogP contribution in [0.25, 0.3) is 10.8 Å². The minimum Gasteiger partial charge on any atom is -0.388 e. The molecule has 0 radical (unpaired) electrons. The first-order chi connectivity index (χ1) is 11.6. The molecule has 0 saturated heterocycles. The molecule has 3 aromatic rings. The standard InChI is InChI=1S/C22H25NO/c1-17(2)23(21-10-4-3-5-11-21)15-14-22(24)20-13-12-18-8-6-7-9-19(18)16-20/h3-13,16-17,22,24H,14-15H2,1-2H3. The molecule has 2 heteroatoms. The third-order valence-corrected chi connectivity index (χ3v) is 4.51. The summed E-state index contributed by atoms with van der Waals surface area (Å²) in [5.74, 6) is 0. The second-order valence-electron chi connectivity index (χ2n) is 6.53. The Hall–Kier alpha value is -2.32. The predicted molar refractivity (Wildman–Crippen MR) is 102 cm³/mol. The van der Waals surface area contributed by atoms with Crippen LogP contribution in [-0.4, -0.2) is 17.7 Å². The molecule has 0 aliphatic heterocycles. The molecule has 0 fully saturated rings. The second kappa shape index (κ2) is 7.50. The van der Waals surface area contributed by atoms with Crippen molar-refractivity contribution in [2.45, 2.75) is 32.4 Å². The molecule has 0 aliphatic rings. The summed E-state index contributed by atoms with van der Waals surface area (Å²) in [6.07, 6.45) is 0.269. The number of aliphatic hydroxyl groups excluding tert-OH is 1. The van der Waals surface area contributed by atoms with E-state index in [1.807, 2.05) is 24.3 Å². The molecule has 24 heavy (non-hydrogen) atoms. The molecule has 3 rings (SSSR count). The van der Waals surface area contributed by atoms with Gasteiger partial charge in [0.15, 0.2) is 0 Å². The van der Waals surface area contributed by atoms with E-state index in [0.29, 0.717) is 12.5 Å². The Morgan fingerprint density at radius 2 is 1.50 bits per heavy atom. The number of aliphatic hydroxyl groups is 1. The number of hydrogen-bond acceptors (Lipinski definition) is 2. The van der Waals surface area contributed by atoms with Crippen molar-refractivity contribution in [2.75, 3.05) is 11.4 Å². The maximum Gasteiger partial charge on any atom is 0.0807 e. The van der Waals surface area contributed by atoms with Crippen LogP contribution in [0.5, 0.6) is 0 Å². The van der Waals surface area contributed by atoms with Crippen LogP contribution in [0.2, 0.25) is 0 Å². The first-order valence-corrected chi connectivity index (χ1v) is 8.63. The van der Waals surface area contributed by atoms with E-state index in [0.717, 1.165) is 12.1 Å². The second-order valence-corrected chi connectivity index (χ2v) is 6.53. The average molecular weight is 319 g/mol. The van der Waals surface area contributed by atoms with E-state index in [9.17, 15) is 5.11 Å². The van der Waals surface area contributed by atoms with Gasteiger partial charge in [0.1, 0.15) is 0 Å². The minimum atomic E-state index is -0.445. The lowest BCUT2D eigenvalue weighted by Gasteiger charge is -2.30. The van der Waals surface area contributed by atoms with Gasteiger partial charge >= 0.3 is 0 Å². The van der Waals surface area contributed by atoms with Crippen molar-refractivity contribution in [3.63, 3.8) is 0 Å². The lowest BCUT2D eigenvalue weighted by molar-refractivity contribution is 0.169. The van der Waals surface area contributed by atoms with Crippen LogP contribution < -0.4 is 4.90 Å². The normalized spacial score (nSPS) is 12.5. The number of fused-ring (bicyclic) bond motifs is 1. The van der Waals surface area contributed by atoms with Crippen molar-refractivity contribution < 1.29 is 5.11 Å². The van der Waals surface area contributed by atoms with E-state index in [-0.39, 0.29) is 0 Å². The van der Waals surface area contributed by atoms with E-state index in [1.165, 1.54) is 16.5 Å². The summed E-state index contributed by atoms with van der Waals surface area (Å²) in [5.41, 5.74) is 2.20. The van der Waals surface area contributed by atoms with Gasteiger partial charge in [0.25, 0.3) is 0 Å². The van der Waals surface area contributed by atoms with Crippen molar-refractivity contribution in [1.82, 2.24) is 0 Å². The van der Waals surface area contributed by atoms with Crippen molar-refractivity contribution in [2.24, 2.45) is 0 Å². The molecule has 0 aromatic heterocycles. The van der Waals surface area contributed by atoms with E-state index in [2.05, 4.69) is 67.3 Å². The van der Waals surface area contributed by atoms with Crippen molar-refractivity contribution in [1.29, 1.82) is 0 Å². The van der Waals surface area contributed by atoms with Gasteiger partial charge in [-0.1, -0.05) is 54.6 Å². The molecule has 0 aliphatic carbocycles. The highest BCUT2D eigenvalue weighted by Crippen LogP contribution is 2.24. The summed E-state index contributed by atoms with van der Waals surface area (Å²) >= 11 is 0. The highest BCUT2D eigenvalue weighted by Gasteiger charge is 2.14. The largest absolute Gasteiger partial charge is 0.388 e. The van der Waals surface area contributed by atoms with Gasteiger partial charge in [-0.2, -0.15) is 0 Å². The first-order valence-electron chi connectivity index (χ1n) is 8.63. The number of benzene rings is 3. The van der Waals surface area contributed by atoms with Crippen LogP contribution in [-0.2, 0) is 0 Å². The predicted octanol–water partition coefficient (Wildman–Crippen LogP) is 5.18. The van der Waals surface area contributed by atoms with Crippen molar-refractivity contribution >= 4 is 16.5 Å². The minimum absolute atomic E-state index is 0.399. The molecule has 0 heterocycles. The Balaban J connectivity index is 1.72. The quantitative estimate of drug-likeness (QED) is 0.677. The van der Waals surface area contributed by atoms with Crippen LogP contribution in [0.15, 0.2) is 72.8 Å². The zero-order valence-electron chi connectivity index (χ0n) is 14.4. The molecule has 0 saturated carbocycles. The Kier molecular flexibility index (Phi) is 5.17. The summed E-state index contributed by atoms with van der Waals surface area (Å²) < 4.78 is 0. The summed E-state index contributed by atoms with van der Waals surface area (Å²) in [6, 6.07) is 25.3. The van der Waals surface area contributed by atoms with Gasteiger partial charge in [-0.25, -0.2) is 0 Å². The molecule has 1 N–H and O–H groups in total. The Labute approximate surface area is 144 Å². The zero-order valence-corrected chi connectivity index (χ0v) is 14.4. The fraction of sp³-hybridized carbons (Fsp3) is 0.273. The van der Waals surface area contributed by atoms with E-state index < -0.39 is 6.10 Å². The molecule has 0 spiro atoms. The zero-order chi connectivity index (χ0) is 16.9. The third-order valence-electron chi connectivity index (χ3n) is 4.51. The van der Waals surface area contributed by atoms with Crippen LogP contribution in [0, 0.1) is 0 Å². The first kappa shape index (κ1) is 16.5. The number of hydrogen-bond donors (Lipinski definition) is 1. The van der Waals surface area contributed by atoms with Gasteiger partial charge in [-0.05, 0) is 54.8 Å². The number of para-hydroxylation sites is 1. The molecular formula is C22H25NO. The summed E-state index contributed by atoms with van der Waals surface area (Å²) in [4.78, 5) is 2.34. The van der Waals surface area contributed by atoms with E-state index in [1.54, 1.807) is 0 Å². The summed E-state index contributed by atoms with van der Waals surface area (Å²) in [7, 11) is 0. The molecule has 3 aromatic carbocycles. The monoisotopic (exact) mass is 319 g/mol. The van der Waals surface area contributed by atoms with Crippen LogP contribution >= 0.6 is 0 Å². The Morgan fingerprint density at radius 3 is 2.21 bits per heavy atom. The smallest absolute Gasteiger partial charge is 0.0807 e. The van der Waals surface area contributed by atoms with E-state index in [4.69, 9.17) is 0 Å². The van der Waals surface area contributed by atoms with Crippen LogP contribution in [0.4, 0.5) is 5.69 Å². The lowest BCUT2D eigenvalue weighted by atomic mass is 10.0. The molecule has 0 amide bonds. The van der Waals surface area contributed by atoms with E-state index >= 15 is 0 Å². The maximum absolute atomic E-state index is 10.6. The molecule has 0 bridgehead atoms. The molecule has 1 unspecified atom stereocenters. The van der Waals surface area contributed by atoms with Crippen LogP contribution in [0.1, 0.15) is 31.9 Å². The topological polar surface area (TPSA) is 23.5 Å². The van der Waals surface area contributed by atoms with Gasteiger partial charge in [0, 0.05) is 18.3 Å². The van der Waals surface area contributed by atoms with Gasteiger partial charge < -0.3 is 10.0 Å². The van der Waals surface area contributed by atoms with Crippen molar-refractivity contribution in [3.05, 3.63) is 78.4 Å². The van der Waals surface area contributed by atoms with Crippen LogP contribution in [0.3, 0.4) is 0 Å². The number of anilines is 1.